The number of Topliss-reactive ketones (excluding diaryl/α,β-unsaturated/α-hetero) is 1. The van der Waals surface area contributed by atoms with Crippen molar-refractivity contribution in [2.24, 2.45) is 11.8 Å². The molecule has 0 aromatic carbocycles. The number of unbranched alkanes of at least 4 members (excludes halogenated alkanes) is 3. The molecule has 22 fully saturated rings. The minimum absolute atomic E-state index is 0.0535. The molecule has 0 aromatic rings. The Morgan fingerprint density at radius 2 is 0.657 bits per heavy atom. The zero-order chi connectivity index (χ0) is 74.7. The molecule has 39 atom stereocenters. The first-order chi connectivity index (χ1) is 48.6. The van der Waals surface area contributed by atoms with E-state index in [-0.39, 0.29) is 30.5 Å². The number of hydrogen-bond acceptors (Lipinski definition) is 39. The van der Waals surface area contributed by atoms with Gasteiger partial charge in [-0.05, 0) is 25.7 Å². The number of rotatable bonds is 19. The Balaban J connectivity index is 0.000000446. The van der Waals surface area contributed by atoms with Crippen LogP contribution in [0.4, 0.5) is 0 Å². The summed E-state index contributed by atoms with van der Waals surface area (Å²) in [5, 5.41) is 259. The van der Waals surface area contributed by atoms with Gasteiger partial charge in [-0.25, -0.2) is 0 Å². The molecule has 1 aliphatic carbocycles. The highest BCUT2D eigenvalue weighted by atomic mass is 16.8. The standard InChI is InChI=1S/C42H70O35.C20H32O5/c43-1-8-29-15(50)22(57)36(64-8)72-30-9(2-44)66-38(24(59)17(30)52)74-32-11(4-46)68-40(26(61)19(32)54)76-34-13(6-48)70-42(28(63)21(34)56)77-35-14(7-49)69-41(27(62)20(35)55)75-33-12(5-47)67-39(25(60)18(33)53)73-31-10(3-45)65-37(71-29)23(58)16(31)51;1-2-3-6-9-15(21)12-13-17-16(18(22)14-19(17)23)10-7-4-5-8-11-20(24)25/h8-63H,1-7H2;4,7,12-13,15-17,19,21,23H,2-3,5-6,8-11,14H2,1H3,(H,24,25)/b;7-4-,13-12+/t8-,9-,10-,11-,12-,13-,14-,15-,16-,17-,18-,19-,20-,21-,22-,23-,24-,25-,26-,27-,28-,29-,30-,31-,32-,33-,34-,35-,36-,37-,38-,39-,40-,41-,42-;15-,16+,17+,19+/m10/s1. The summed E-state index contributed by atoms with van der Waals surface area (Å²) in [6.45, 7) is -5.21. The molecule has 0 spiro atoms. The number of aliphatic hydroxyl groups excluding tert-OH is 23. The first-order valence-electron chi connectivity index (χ1n) is 34.0. The predicted molar refractivity (Wildman–Crippen MR) is 326 cm³/mol. The van der Waals surface area contributed by atoms with Crippen molar-refractivity contribution < 1.29 is 198 Å². The van der Waals surface area contributed by atoms with E-state index in [4.69, 9.17) is 71.4 Å². The number of carboxylic acid groups (broad SMARTS) is 1. The van der Waals surface area contributed by atoms with Crippen molar-refractivity contribution in [2.75, 3.05) is 46.2 Å². The van der Waals surface area contributed by atoms with Gasteiger partial charge < -0.3 is 189 Å². The summed E-state index contributed by atoms with van der Waals surface area (Å²) in [5.74, 6) is -1.26. The maximum Gasteiger partial charge on any atom is 0.303 e. The van der Waals surface area contributed by atoms with Gasteiger partial charge in [0.25, 0.3) is 0 Å². The number of ether oxygens (including phenoxy) is 14. The lowest BCUT2D eigenvalue weighted by molar-refractivity contribution is -0.396. The summed E-state index contributed by atoms with van der Waals surface area (Å²) >= 11 is 0. The van der Waals surface area contributed by atoms with E-state index >= 15 is 0 Å². The zero-order valence-electron chi connectivity index (χ0n) is 55.4. The summed E-state index contributed by atoms with van der Waals surface area (Å²) in [6, 6.07) is 0. The topological polar surface area (TPSA) is 649 Å². The van der Waals surface area contributed by atoms with E-state index in [1.807, 2.05) is 12.2 Å². The van der Waals surface area contributed by atoms with Crippen molar-refractivity contribution in [3.63, 3.8) is 0 Å². The molecule has 24 N–H and O–H groups in total. The summed E-state index contributed by atoms with van der Waals surface area (Å²) in [7, 11) is 0. The summed E-state index contributed by atoms with van der Waals surface area (Å²) in [4.78, 5) is 22.5. The van der Waals surface area contributed by atoms with Crippen LogP contribution in [-0.4, -0.2) is 408 Å². The molecule has 0 aromatic heterocycles. The first kappa shape index (κ1) is 84.8. The van der Waals surface area contributed by atoms with E-state index in [0.717, 1.165) is 19.3 Å². The number of carbonyl (C=O) groups is 2. The maximum absolute atomic E-state index is 12.1. The van der Waals surface area contributed by atoms with E-state index in [1.165, 1.54) is 0 Å². The minimum Gasteiger partial charge on any atom is -0.481 e. The normalized spacial score (nSPS) is 48.0. The molecule has 21 aliphatic heterocycles. The van der Waals surface area contributed by atoms with Crippen LogP contribution < -0.4 is 0 Å². The summed E-state index contributed by atoms with van der Waals surface area (Å²) < 4.78 is 79.5. The Labute approximate surface area is 583 Å². The summed E-state index contributed by atoms with van der Waals surface area (Å²) in [5.41, 5.74) is 0. The molecule has 40 nitrogen and oxygen atoms in total. The number of aliphatic carboxylic acids is 1. The monoisotopic (exact) mass is 1490 g/mol. The van der Waals surface area contributed by atoms with Crippen LogP contribution in [0.25, 0.3) is 0 Å². The second kappa shape index (κ2) is 39.0. The number of carbonyl (C=O) groups excluding carboxylic acids is 1. The molecule has 22 rings (SSSR count). The van der Waals surface area contributed by atoms with Crippen molar-refractivity contribution in [3.05, 3.63) is 24.3 Å². The molecule has 0 radical (unpaired) electrons. The lowest BCUT2D eigenvalue weighted by atomic mass is 9.90. The lowest BCUT2D eigenvalue weighted by Gasteiger charge is -2.50. The molecular formula is C62H102O40. The third-order valence-corrected chi connectivity index (χ3v) is 19.5. The molecule has 0 amide bonds. The number of hydrogen-bond donors (Lipinski definition) is 24. The van der Waals surface area contributed by atoms with Gasteiger partial charge >= 0.3 is 5.97 Å². The molecule has 22 aliphatic rings. The van der Waals surface area contributed by atoms with Gasteiger partial charge in [-0.15, -0.1) is 0 Å². The third-order valence-electron chi connectivity index (χ3n) is 19.5. The van der Waals surface area contributed by atoms with Crippen molar-refractivity contribution in [1.29, 1.82) is 0 Å². The minimum atomic E-state index is -2.21. The van der Waals surface area contributed by atoms with Crippen molar-refractivity contribution in [3.8, 4) is 0 Å². The molecule has 21 saturated heterocycles. The summed E-state index contributed by atoms with van der Waals surface area (Å²) in [6.07, 6.45) is -58.2. The van der Waals surface area contributed by atoms with Crippen LogP contribution in [0.2, 0.25) is 0 Å². The maximum atomic E-state index is 12.1. The third kappa shape index (κ3) is 19.6. The lowest BCUT2D eigenvalue weighted by Crippen LogP contribution is -2.68. The molecular weight excluding hydrogens is 1380 g/mol. The second-order valence-electron chi connectivity index (χ2n) is 26.5. The zero-order valence-corrected chi connectivity index (χ0v) is 55.4. The number of carboxylic acids is 1. The van der Waals surface area contributed by atoms with Gasteiger partial charge in [0.2, 0.25) is 0 Å². The van der Waals surface area contributed by atoms with Gasteiger partial charge in [-0.3, -0.25) is 9.59 Å². The van der Waals surface area contributed by atoms with Crippen LogP contribution in [0.3, 0.4) is 0 Å². The Kier molecular flexibility index (Phi) is 32.4. The van der Waals surface area contributed by atoms with Gasteiger partial charge in [0.15, 0.2) is 44.0 Å². The fourth-order valence-electron chi connectivity index (χ4n) is 13.6. The van der Waals surface area contributed by atoms with E-state index < -0.39 is 279 Å². The highest BCUT2D eigenvalue weighted by Gasteiger charge is 2.60. The molecule has 14 bridgehead atoms. The molecule has 1 saturated carbocycles. The average Bonchev–Trinajstić information content (AvgIpc) is 0.884. The second-order valence-corrected chi connectivity index (χ2v) is 26.5. The quantitative estimate of drug-likeness (QED) is 0.0422. The first-order valence-corrected chi connectivity index (χ1v) is 34.0. The van der Waals surface area contributed by atoms with Crippen LogP contribution in [0.5, 0.6) is 0 Å². The van der Waals surface area contributed by atoms with Gasteiger partial charge in [0.1, 0.15) is 177 Å². The Morgan fingerprint density at radius 1 is 0.392 bits per heavy atom. The Bertz CT molecular complexity index is 2220. The predicted octanol–water partition coefficient (Wildman–Crippen LogP) is -12.0. The highest BCUT2D eigenvalue weighted by molar-refractivity contribution is 5.84. The van der Waals surface area contributed by atoms with E-state index in [2.05, 4.69) is 6.92 Å². The molecule has 0 unspecified atom stereocenters. The van der Waals surface area contributed by atoms with Crippen molar-refractivity contribution >= 4 is 11.8 Å². The van der Waals surface area contributed by atoms with Crippen LogP contribution >= 0.6 is 0 Å². The van der Waals surface area contributed by atoms with Crippen LogP contribution in [0, 0.1) is 11.8 Å². The van der Waals surface area contributed by atoms with E-state index in [9.17, 15) is 127 Å². The smallest absolute Gasteiger partial charge is 0.303 e. The Hall–Kier alpha value is -2.86. The van der Waals surface area contributed by atoms with Crippen LogP contribution in [0.1, 0.15) is 64.7 Å². The largest absolute Gasteiger partial charge is 0.481 e. The van der Waals surface area contributed by atoms with Crippen LogP contribution in [-0.2, 0) is 75.9 Å². The van der Waals surface area contributed by atoms with E-state index in [0.29, 0.717) is 25.7 Å². The average molecular weight is 1490 g/mol. The number of aliphatic hydroxyl groups is 23. The SMILES string of the molecule is CCCCC[C@H](O)/C=C/[C@H]1[C@H](O)CC(=O)[C@@H]1C/C=C\CCCC(=O)O.OC[C@H]1O[C@@H]2O[C@H]3[C@H](O)[C@@H](O)[C@@H](O[C@H]4[C@H](O)[C@@H](O)[C@@H](O[C@H]5[C@H](O)[C@@H](O)[C@@H](O[C@H]6[C@H](O)[C@@H](O)[C@@H](O[C@H]7[C@H](O)[C@@H](O)[C@@H](O[C@H]8[C@H](O)[C@@H](O)[C@@H](O[C@H]1[C@H](O)[C@H]2O)O[C@@H]8CO)O[C@@H]7CO)O[C@@H]6CO)O[C@@H]5CO)O[C@@H]4CO)O[C@@H]3CO. The molecule has 102 heavy (non-hydrogen) atoms. The van der Waals surface area contributed by atoms with Gasteiger partial charge in [-0.2, -0.15) is 0 Å². The number of allylic oxidation sites excluding steroid dienone is 2. The van der Waals surface area contributed by atoms with Gasteiger partial charge in [0.05, 0.1) is 58.5 Å². The van der Waals surface area contributed by atoms with Gasteiger partial charge in [-0.1, -0.05) is 50.5 Å². The van der Waals surface area contributed by atoms with Crippen molar-refractivity contribution in [2.45, 2.75) is 292 Å². The number of ketones is 1. The fraction of sp³-hybridized carbons (Fsp3) is 0.903. The Morgan fingerprint density at radius 3 is 0.892 bits per heavy atom. The molecule has 21 heterocycles. The van der Waals surface area contributed by atoms with Crippen LogP contribution in [0.15, 0.2) is 24.3 Å². The molecule has 40 heteroatoms. The van der Waals surface area contributed by atoms with Crippen molar-refractivity contribution in [1.82, 2.24) is 0 Å². The van der Waals surface area contributed by atoms with Gasteiger partial charge in [0, 0.05) is 24.7 Å². The van der Waals surface area contributed by atoms with E-state index in [1.54, 1.807) is 12.2 Å². The molecule has 590 valence electrons. The fourth-order valence-corrected chi connectivity index (χ4v) is 13.6. The highest BCUT2D eigenvalue weighted by Crippen LogP contribution is 2.40.